The first-order chi connectivity index (χ1) is 10.2. The predicted octanol–water partition coefficient (Wildman–Crippen LogP) is 0.909. The molecule has 0 bridgehead atoms. The Bertz CT molecular complexity index is 648. The number of rotatable bonds is 3. The summed E-state index contributed by atoms with van der Waals surface area (Å²) in [4.78, 5) is 18.1. The zero-order valence-corrected chi connectivity index (χ0v) is 12.0. The van der Waals surface area contributed by atoms with Gasteiger partial charge in [0, 0.05) is 37.6 Å². The van der Waals surface area contributed by atoms with E-state index in [1.54, 1.807) is 4.90 Å². The molecule has 0 saturated carbocycles. The van der Waals surface area contributed by atoms with Crippen LogP contribution in [-0.2, 0) is 23.1 Å². The summed E-state index contributed by atoms with van der Waals surface area (Å²) in [5.74, 6) is 0.867. The number of benzene rings is 1. The number of amides is 1. The number of anilines is 1. The van der Waals surface area contributed by atoms with Crippen molar-refractivity contribution in [3.05, 3.63) is 36.2 Å². The van der Waals surface area contributed by atoms with Crippen molar-refractivity contribution < 1.29 is 9.53 Å². The second-order valence-corrected chi connectivity index (χ2v) is 5.02. The Morgan fingerprint density at radius 2 is 2.10 bits per heavy atom. The third-order valence-electron chi connectivity index (χ3n) is 3.56. The van der Waals surface area contributed by atoms with Crippen molar-refractivity contribution in [2.45, 2.75) is 6.54 Å². The van der Waals surface area contributed by atoms with Gasteiger partial charge in [0.15, 0.2) is 0 Å². The van der Waals surface area contributed by atoms with Crippen LogP contribution in [0.5, 0.6) is 0 Å². The number of morpholine rings is 1. The van der Waals surface area contributed by atoms with Gasteiger partial charge in [-0.1, -0.05) is 0 Å². The average molecular weight is 286 g/mol. The molecule has 0 atom stereocenters. The van der Waals surface area contributed by atoms with E-state index in [0.29, 0.717) is 19.7 Å². The lowest BCUT2D eigenvalue weighted by molar-refractivity contribution is -0.125. The third kappa shape index (κ3) is 2.68. The van der Waals surface area contributed by atoms with Gasteiger partial charge in [0.05, 0.1) is 12.3 Å². The van der Waals surface area contributed by atoms with Gasteiger partial charge in [-0.3, -0.25) is 4.79 Å². The molecule has 0 aliphatic carbocycles. The van der Waals surface area contributed by atoms with Crippen LogP contribution in [0.3, 0.4) is 0 Å². The minimum Gasteiger partial charge on any atom is -0.370 e. The molecular formula is C15H18N4O2. The number of aromatic nitrogens is 2. The van der Waals surface area contributed by atoms with Crippen LogP contribution >= 0.6 is 0 Å². The Balaban J connectivity index is 1.86. The molecule has 1 aliphatic heterocycles. The molecule has 6 heteroatoms. The van der Waals surface area contributed by atoms with Crippen LogP contribution in [-0.4, -0.2) is 35.2 Å². The van der Waals surface area contributed by atoms with E-state index < -0.39 is 0 Å². The Hall–Kier alpha value is -2.18. The minimum absolute atomic E-state index is 0.00332. The number of imidazole rings is 1. The summed E-state index contributed by atoms with van der Waals surface area (Å²) >= 11 is 0. The molecule has 2 aromatic rings. The second-order valence-electron chi connectivity index (χ2n) is 5.02. The number of aryl methyl sites for hydroxylation is 1. The molecular weight excluding hydrogens is 268 g/mol. The first-order valence-corrected chi connectivity index (χ1v) is 6.90. The van der Waals surface area contributed by atoms with Crippen LogP contribution in [0.2, 0.25) is 0 Å². The molecule has 1 aromatic heterocycles. The van der Waals surface area contributed by atoms with E-state index in [4.69, 9.17) is 10.5 Å². The van der Waals surface area contributed by atoms with Crippen molar-refractivity contribution in [2.75, 3.05) is 24.7 Å². The van der Waals surface area contributed by atoms with Gasteiger partial charge in [-0.25, -0.2) is 4.98 Å². The SMILES string of the molecule is Cn1cc(CN)nc1-c1ccc(N2CCOCC2=O)cc1. The summed E-state index contributed by atoms with van der Waals surface area (Å²) < 4.78 is 7.10. The van der Waals surface area contributed by atoms with Crippen molar-refractivity contribution in [1.29, 1.82) is 0 Å². The van der Waals surface area contributed by atoms with Crippen LogP contribution in [0.15, 0.2) is 30.5 Å². The van der Waals surface area contributed by atoms with E-state index in [1.165, 1.54) is 0 Å². The van der Waals surface area contributed by atoms with Crippen molar-refractivity contribution in [3.8, 4) is 11.4 Å². The Kier molecular flexibility index (Phi) is 3.72. The molecule has 1 fully saturated rings. The number of carbonyl (C=O) groups is 1. The lowest BCUT2D eigenvalue weighted by Crippen LogP contribution is -2.41. The van der Waals surface area contributed by atoms with Crippen LogP contribution in [0.1, 0.15) is 5.69 Å². The molecule has 3 rings (SSSR count). The maximum absolute atomic E-state index is 11.8. The van der Waals surface area contributed by atoms with E-state index in [2.05, 4.69) is 4.98 Å². The minimum atomic E-state index is -0.00332. The van der Waals surface area contributed by atoms with Gasteiger partial charge >= 0.3 is 0 Å². The van der Waals surface area contributed by atoms with Gasteiger partial charge in [0.25, 0.3) is 5.91 Å². The van der Waals surface area contributed by atoms with Crippen LogP contribution in [0.4, 0.5) is 5.69 Å². The lowest BCUT2D eigenvalue weighted by atomic mass is 10.1. The standard InChI is InChI=1S/C15H18N4O2/c1-18-9-12(8-16)17-15(18)11-2-4-13(5-3-11)19-6-7-21-10-14(19)20/h2-5,9H,6-8,10,16H2,1H3. The number of nitrogens with zero attached hydrogens (tertiary/aromatic N) is 3. The Labute approximate surface area is 123 Å². The molecule has 0 unspecified atom stereocenters. The van der Waals surface area contributed by atoms with Crippen molar-refractivity contribution in [2.24, 2.45) is 12.8 Å². The molecule has 21 heavy (non-hydrogen) atoms. The number of hydrogen-bond acceptors (Lipinski definition) is 4. The molecule has 110 valence electrons. The molecule has 1 aliphatic rings. The van der Waals surface area contributed by atoms with Gasteiger partial charge < -0.3 is 19.9 Å². The highest BCUT2D eigenvalue weighted by Crippen LogP contribution is 2.23. The van der Waals surface area contributed by atoms with E-state index in [9.17, 15) is 4.79 Å². The summed E-state index contributed by atoms with van der Waals surface area (Å²) in [5, 5.41) is 0. The van der Waals surface area contributed by atoms with Crippen LogP contribution in [0.25, 0.3) is 11.4 Å². The van der Waals surface area contributed by atoms with E-state index in [1.807, 2.05) is 42.1 Å². The van der Waals surface area contributed by atoms with Gasteiger partial charge in [-0.2, -0.15) is 0 Å². The molecule has 1 amide bonds. The fourth-order valence-electron chi connectivity index (χ4n) is 2.48. The molecule has 1 aromatic carbocycles. The van der Waals surface area contributed by atoms with Crippen molar-refractivity contribution in [1.82, 2.24) is 9.55 Å². The Morgan fingerprint density at radius 1 is 1.33 bits per heavy atom. The third-order valence-corrected chi connectivity index (χ3v) is 3.56. The normalized spacial score (nSPS) is 15.5. The fourth-order valence-corrected chi connectivity index (χ4v) is 2.48. The predicted molar refractivity (Wildman–Crippen MR) is 79.7 cm³/mol. The van der Waals surface area contributed by atoms with Gasteiger partial charge in [-0.15, -0.1) is 0 Å². The topological polar surface area (TPSA) is 73.4 Å². The lowest BCUT2D eigenvalue weighted by Gasteiger charge is -2.26. The molecule has 2 heterocycles. The smallest absolute Gasteiger partial charge is 0.253 e. The van der Waals surface area contributed by atoms with E-state index in [0.717, 1.165) is 22.8 Å². The second kappa shape index (κ2) is 5.67. The number of carbonyl (C=O) groups excluding carboxylic acids is 1. The molecule has 2 N–H and O–H groups in total. The highest BCUT2D eigenvalue weighted by atomic mass is 16.5. The fraction of sp³-hybridized carbons (Fsp3) is 0.333. The summed E-state index contributed by atoms with van der Waals surface area (Å²) in [7, 11) is 1.95. The zero-order chi connectivity index (χ0) is 14.8. The number of ether oxygens (including phenoxy) is 1. The summed E-state index contributed by atoms with van der Waals surface area (Å²) in [6.07, 6.45) is 1.93. The van der Waals surface area contributed by atoms with Crippen molar-refractivity contribution in [3.63, 3.8) is 0 Å². The molecule has 0 spiro atoms. The number of hydrogen-bond donors (Lipinski definition) is 1. The monoisotopic (exact) mass is 286 g/mol. The quantitative estimate of drug-likeness (QED) is 0.910. The van der Waals surface area contributed by atoms with Gasteiger partial charge in [0.2, 0.25) is 0 Å². The molecule has 0 radical (unpaired) electrons. The number of nitrogens with two attached hydrogens (primary N) is 1. The largest absolute Gasteiger partial charge is 0.370 e. The van der Waals surface area contributed by atoms with Crippen LogP contribution in [0, 0.1) is 0 Å². The summed E-state index contributed by atoms with van der Waals surface area (Å²) in [6, 6.07) is 7.83. The maximum Gasteiger partial charge on any atom is 0.253 e. The zero-order valence-electron chi connectivity index (χ0n) is 12.0. The van der Waals surface area contributed by atoms with Gasteiger partial charge in [-0.05, 0) is 24.3 Å². The highest BCUT2D eigenvalue weighted by molar-refractivity contribution is 5.95. The first kappa shape index (κ1) is 13.8. The van der Waals surface area contributed by atoms with Crippen LogP contribution < -0.4 is 10.6 Å². The summed E-state index contributed by atoms with van der Waals surface area (Å²) in [6.45, 7) is 1.75. The highest BCUT2D eigenvalue weighted by Gasteiger charge is 2.20. The summed E-state index contributed by atoms with van der Waals surface area (Å²) in [5.41, 5.74) is 8.37. The maximum atomic E-state index is 11.8. The van der Waals surface area contributed by atoms with Gasteiger partial charge in [0.1, 0.15) is 12.4 Å². The van der Waals surface area contributed by atoms with E-state index >= 15 is 0 Å². The first-order valence-electron chi connectivity index (χ1n) is 6.90. The van der Waals surface area contributed by atoms with Crippen molar-refractivity contribution >= 4 is 11.6 Å². The van der Waals surface area contributed by atoms with E-state index in [-0.39, 0.29) is 12.5 Å². The molecule has 6 nitrogen and oxygen atoms in total. The molecule has 1 saturated heterocycles. The average Bonchev–Trinajstić information content (AvgIpc) is 2.89. The Morgan fingerprint density at radius 3 is 2.71 bits per heavy atom.